The van der Waals surface area contributed by atoms with Crippen LogP contribution in [0.4, 0.5) is 4.79 Å². The highest BCUT2D eigenvalue weighted by atomic mass is 16.6. The fourth-order valence-electron chi connectivity index (χ4n) is 3.67. The molecule has 3 atom stereocenters. The summed E-state index contributed by atoms with van der Waals surface area (Å²) >= 11 is 0. The Morgan fingerprint density at radius 2 is 1.57 bits per heavy atom. The number of esters is 1. The first kappa shape index (κ1) is 21.6. The Bertz CT molecular complexity index is 902. The van der Waals surface area contributed by atoms with E-state index < -0.39 is 35.9 Å². The molecule has 1 heterocycles. The molecule has 5 nitrogen and oxygen atoms in total. The van der Waals surface area contributed by atoms with Gasteiger partial charge in [0.25, 0.3) is 0 Å². The molecule has 1 aliphatic rings. The van der Waals surface area contributed by atoms with Crippen LogP contribution in [0.2, 0.25) is 0 Å². The van der Waals surface area contributed by atoms with Crippen molar-refractivity contribution in [2.75, 3.05) is 0 Å². The Morgan fingerprint density at radius 1 is 1.03 bits per heavy atom. The molecule has 0 saturated carbocycles. The number of carbonyl (C=O) groups excluding carboxylic acids is 2. The van der Waals surface area contributed by atoms with Crippen molar-refractivity contribution in [2.24, 2.45) is 0 Å². The average molecular weight is 408 g/mol. The van der Waals surface area contributed by atoms with E-state index in [1.54, 1.807) is 4.90 Å². The van der Waals surface area contributed by atoms with Crippen LogP contribution in [0.5, 0.6) is 0 Å². The van der Waals surface area contributed by atoms with E-state index in [1.807, 2.05) is 88.4 Å². The summed E-state index contributed by atoms with van der Waals surface area (Å²) < 4.78 is 11.7. The minimum absolute atomic E-state index is 0.308. The van der Waals surface area contributed by atoms with Crippen LogP contribution >= 0.6 is 0 Å². The van der Waals surface area contributed by atoms with Gasteiger partial charge in [-0.15, -0.1) is 6.58 Å². The fourth-order valence-corrected chi connectivity index (χ4v) is 3.67. The lowest BCUT2D eigenvalue weighted by Gasteiger charge is -2.45. The number of ether oxygens (including phenoxy) is 2. The summed E-state index contributed by atoms with van der Waals surface area (Å²) in [5.74, 6) is -0.454. The molecule has 0 aliphatic carbocycles. The van der Waals surface area contributed by atoms with E-state index in [0.717, 1.165) is 16.7 Å². The predicted octanol–water partition coefficient (Wildman–Crippen LogP) is 5.60. The highest BCUT2D eigenvalue weighted by molar-refractivity contribution is 5.84. The molecular weight excluding hydrogens is 378 g/mol. The lowest BCUT2D eigenvalue weighted by molar-refractivity contribution is -0.174. The number of amides is 1. The van der Waals surface area contributed by atoms with Gasteiger partial charge in [-0.1, -0.05) is 66.2 Å². The summed E-state index contributed by atoms with van der Waals surface area (Å²) in [6, 6.07) is 17.8. The van der Waals surface area contributed by atoms with Gasteiger partial charge in [0.15, 0.2) is 6.10 Å². The maximum absolute atomic E-state index is 13.4. The Labute approximate surface area is 178 Å². The molecule has 0 N–H and O–H groups in total. The van der Waals surface area contributed by atoms with Crippen molar-refractivity contribution in [1.82, 2.24) is 4.90 Å². The molecule has 1 amide bonds. The van der Waals surface area contributed by atoms with E-state index in [9.17, 15) is 9.59 Å². The van der Waals surface area contributed by atoms with Gasteiger partial charge in [0.2, 0.25) is 0 Å². The van der Waals surface area contributed by atoms with Crippen LogP contribution in [0.25, 0.3) is 0 Å². The van der Waals surface area contributed by atoms with Gasteiger partial charge in [0.1, 0.15) is 17.7 Å². The van der Waals surface area contributed by atoms with Gasteiger partial charge in [-0.05, 0) is 45.2 Å². The zero-order chi connectivity index (χ0) is 21.9. The largest absolute Gasteiger partial charge is 0.453 e. The maximum Gasteiger partial charge on any atom is 0.411 e. The molecule has 0 spiro atoms. The molecule has 158 valence electrons. The maximum atomic E-state index is 13.4. The van der Waals surface area contributed by atoms with Crippen LogP contribution in [-0.4, -0.2) is 28.6 Å². The van der Waals surface area contributed by atoms with Crippen molar-refractivity contribution < 1.29 is 19.1 Å². The lowest BCUT2D eigenvalue weighted by atomic mass is 9.90. The Balaban J connectivity index is 2.14. The van der Waals surface area contributed by atoms with Gasteiger partial charge in [-0.25, -0.2) is 9.59 Å². The molecule has 5 heteroatoms. The van der Waals surface area contributed by atoms with Gasteiger partial charge < -0.3 is 9.47 Å². The van der Waals surface area contributed by atoms with Crippen molar-refractivity contribution in [3.05, 3.63) is 83.9 Å². The van der Waals surface area contributed by atoms with Crippen LogP contribution in [0.15, 0.2) is 72.8 Å². The second kappa shape index (κ2) is 8.74. The van der Waals surface area contributed by atoms with Crippen molar-refractivity contribution in [3.63, 3.8) is 0 Å². The topological polar surface area (TPSA) is 55.8 Å². The summed E-state index contributed by atoms with van der Waals surface area (Å²) in [7, 11) is 0. The van der Waals surface area contributed by atoms with Crippen molar-refractivity contribution in [3.8, 4) is 0 Å². The normalized spacial score (nSPS) is 21.7. The molecule has 0 bridgehead atoms. The van der Waals surface area contributed by atoms with Crippen LogP contribution in [0.3, 0.4) is 0 Å². The monoisotopic (exact) mass is 407 g/mol. The summed E-state index contributed by atoms with van der Waals surface area (Å²) in [5, 5.41) is 0. The number of hydrogen-bond donors (Lipinski definition) is 0. The van der Waals surface area contributed by atoms with Gasteiger partial charge >= 0.3 is 12.1 Å². The van der Waals surface area contributed by atoms with Crippen LogP contribution in [0, 0.1) is 0 Å². The number of hydrogen-bond acceptors (Lipinski definition) is 4. The molecule has 2 aromatic rings. The second-order valence-electron chi connectivity index (χ2n) is 8.69. The Kier molecular flexibility index (Phi) is 6.30. The number of morpholine rings is 1. The molecule has 1 fully saturated rings. The molecule has 2 aromatic carbocycles. The third-order valence-electron chi connectivity index (χ3n) is 4.85. The number of nitrogens with zero attached hydrogens (tertiary/aromatic N) is 1. The number of cyclic esters (lactones) is 1. The van der Waals surface area contributed by atoms with Crippen LogP contribution < -0.4 is 0 Å². The van der Waals surface area contributed by atoms with Crippen molar-refractivity contribution in [1.29, 1.82) is 0 Å². The lowest BCUT2D eigenvalue weighted by Crippen LogP contribution is -2.55. The van der Waals surface area contributed by atoms with Crippen LogP contribution in [-0.2, 0) is 14.3 Å². The third-order valence-corrected chi connectivity index (χ3v) is 4.85. The molecule has 1 saturated heterocycles. The molecule has 0 aromatic heterocycles. The summed E-state index contributed by atoms with van der Waals surface area (Å²) in [5.41, 5.74) is 1.78. The standard InChI is InChI=1S/C25H29NO4/c1-17(2)16-20-23(27)29-22(19-14-10-7-11-15-19)21(18-12-8-6-9-13-18)26(20)24(28)30-25(3,4)5/h6-15,20-22H,1,16H2,2-5H3/t20-,21-,22+/m0/s1. The van der Waals surface area contributed by atoms with Gasteiger partial charge in [0, 0.05) is 0 Å². The summed E-state index contributed by atoms with van der Waals surface area (Å²) in [6.45, 7) is 11.2. The molecule has 0 radical (unpaired) electrons. The van der Waals surface area contributed by atoms with Gasteiger partial charge in [-0.2, -0.15) is 0 Å². The fraction of sp³-hybridized carbons (Fsp3) is 0.360. The highest BCUT2D eigenvalue weighted by Crippen LogP contribution is 2.43. The van der Waals surface area contributed by atoms with E-state index in [4.69, 9.17) is 9.47 Å². The number of carbonyl (C=O) groups is 2. The summed E-state index contributed by atoms with van der Waals surface area (Å²) in [6.07, 6.45) is -0.877. The van der Waals surface area contributed by atoms with E-state index in [1.165, 1.54) is 0 Å². The Hall–Kier alpha value is -3.08. The van der Waals surface area contributed by atoms with E-state index in [2.05, 4.69) is 6.58 Å². The highest BCUT2D eigenvalue weighted by Gasteiger charge is 2.48. The van der Waals surface area contributed by atoms with Gasteiger partial charge in [-0.3, -0.25) is 4.90 Å². The zero-order valence-electron chi connectivity index (χ0n) is 18.0. The van der Waals surface area contributed by atoms with Gasteiger partial charge in [0.05, 0.1) is 0 Å². The van der Waals surface area contributed by atoms with Crippen molar-refractivity contribution >= 4 is 12.1 Å². The number of benzene rings is 2. The first-order valence-corrected chi connectivity index (χ1v) is 10.1. The first-order chi connectivity index (χ1) is 14.2. The predicted molar refractivity (Wildman–Crippen MR) is 116 cm³/mol. The van der Waals surface area contributed by atoms with E-state index in [0.29, 0.717) is 6.42 Å². The average Bonchev–Trinajstić information content (AvgIpc) is 2.68. The Morgan fingerprint density at radius 3 is 2.07 bits per heavy atom. The molecule has 1 aliphatic heterocycles. The number of rotatable bonds is 4. The molecule has 0 unspecified atom stereocenters. The molecular formula is C25H29NO4. The molecule has 30 heavy (non-hydrogen) atoms. The minimum Gasteiger partial charge on any atom is -0.453 e. The third kappa shape index (κ3) is 4.90. The first-order valence-electron chi connectivity index (χ1n) is 10.1. The smallest absolute Gasteiger partial charge is 0.411 e. The van der Waals surface area contributed by atoms with Crippen molar-refractivity contribution in [2.45, 2.75) is 57.9 Å². The SMILES string of the molecule is C=C(C)C[C@H]1C(=O)O[C@H](c2ccccc2)[C@H](c2ccccc2)N1C(=O)OC(C)(C)C. The van der Waals surface area contributed by atoms with E-state index in [-0.39, 0.29) is 0 Å². The molecule has 3 rings (SSSR count). The minimum atomic E-state index is -0.803. The van der Waals surface area contributed by atoms with Crippen LogP contribution in [0.1, 0.15) is 57.4 Å². The second-order valence-corrected chi connectivity index (χ2v) is 8.69. The summed E-state index contributed by atoms with van der Waals surface area (Å²) in [4.78, 5) is 28.0. The van der Waals surface area contributed by atoms with E-state index >= 15 is 0 Å². The zero-order valence-corrected chi connectivity index (χ0v) is 18.0. The quantitative estimate of drug-likeness (QED) is 0.489.